The monoisotopic (exact) mass is 264 g/mol. The first-order chi connectivity index (χ1) is 9.25. The number of carboxylic acids is 1. The van der Waals surface area contributed by atoms with Gasteiger partial charge in [-0.1, -0.05) is 19.3 Å². The van der Waals surface area contributed by atoms with Gasteiger partial charge in [0.1, 0.15) is 5.69 Å². The van der Waals surface area contributed by atoms with Crippen LogP contribution in [0.3, 0.4) is 0 Å². The van der Waals surface area contributed by atoms with E-state index in [-0.39, 0.29) is 5.69 Å². The van der Waals surface area contributed by atoms with Gasteiger partial charge in [0.2, 0.25) is 0 Å². The Kier molecular flexibility index (Phi) is 5.15. The summed E-state index contributed by atoms with van der Waals surface area (Å²) in [7, 11) is 0. The van der Waals surface area contributed by atoms with E-state index in [1.165, 1.54) is 44.4 Å². The second-order valence-corrected chi connectivity index (χ2v) is 4.79. The molecule has 1 aromatic heterocycles. The maximum Gasteiger partial charge on any atom is 0.354 e. The molecule has 1 heterocycles. The molecule has 0 aliphatic heterocycles. The van der Waals surface area contributed by atoms with Gasteiger partial charge in [-0.25, -0.2) is 9.78 Å². The SMILES string of the molecule is O=C(O)c1cc(NCCOC2CCCCC2)ccn1. The number of nitrogens with one attached hydrogen (secondary N) is 1. The third-order valence-electron chi connectivity index (χ3n) is 3.32. The molecule has 1 aliphatic rings. The number of hydrogen-bond acceptors (Lipinski definition) is 4. The molecule has 2 N–H and O–H groups in total. The summed E-state index contributed by atoms with van der Waals surface area (Å²) in [4.78, 5) is 14.5. The number of hydrogen-bond donors (Lipinski definition) is 2. The lowest BCUT2D eigenvalue weighted by Gasteiger charge is -2.22. The molecule has 0 spiro atoms. The second kappa shape index (κ2) is 7.09. The molecule has 0 atom stereocenters. The van der Waals surface area contributed by atoms with Gasteiger partial charge < -0.3 is 15.2 Å². The molecule has 0 unspecified atom stereocenters. The van der Waals surface area contributed by atoms with E-state index < -0.39 is 5.97 Å². The fraction of sp³-hybridized carbons (Fsp3) is 0.571. The number of anilines is 1. The molecule has 0 bridgehead atoms. The van der Waals surface area contributed by atoms with Gasteiger partial charge in [-0.15, -0.1) is 0 Å². The number of nitrogens with zero attached hydrogens (tertiary/aromatic N) is 1. The lowest BCUT2D eigenvalue weighted by Crippen LogP contribution is -2.20. The van der Waals surface area contributed by atoms with E-state index >= 15 is 0 Å². The van der Waals surface area contributed by atoms with Gasteiger partial charge in [0, 0.05) is 18.4 Å². The summed E-state index contributed by atoms with van der Waals surface area (Å²) < 4.78 is 5.79. The minimum atomic E-state index is -1.01. The molecule has 1 aliphatic carbocycles. The maximum absolute atomic E-state index is 10.8. The van der Waals surface area contributed by atoms with Gasteiger partial charge in [0.25, 0.3) is 0 Å². The third kappa shape index (κ3) is 4.52. The normalized spacial score (nSPS) is 16.2. The Morgan fingerprint density at radius 2 is 2.21 bits per heavy atom. The van der Waals surface area contributed by atoms with Crippen LogP contribution in [0, 0.1) is 0 Å². The van der Waals surface area contributed by atoms with Crippen molar-refractivity contribution in [3.63, 3.8) is 0 Å². The first-order valence-corrected chi connectivity index (χ1v) is 6.80. The van der Waals surface area contributed by atoms with Crippen LogP contribution in [-0.2, 0) is 4.74 Å². The van der Waals surface area contributed by atoms with Crippen LogP contribution in [0.15, 0.2) is 18.3 Å². The highest BCUT2D eigenvalue weighted by Gasteiger charge is 2.13. The van der Waals surface area contributed by atoms with E-state index in [2.05, 4.69) is 10.3 Å². The highest BCUT2D eigenvalue weighted by atomic mass is 16.5. The summed E-state index contributed by atoms with van der Waals surface area (Å²) in [5, 5.41) is 12.0. The van der Waals surface area contributed by atoms with Crippen LogP contribution in [-0.4, -0.2) is 35.3 Å². The molecule has 0 radical (unpaired) electrons. The van der Waals surface area contributed by atoms with E-state index in [0.29, 0.717) is 19.3 Å². The van der Waals surface area contributed by atoms with Crippen molar-refractivity contribution >= 4 is 11.7 Å². The topological polar surface area (TPSA) is 71.5 Å². The third-order valence-corrected chi connectivity index (χ3v) is 3.32. The second-order valence-electron chi connectivity index (χ2n) is 4.79. The van der Waals surface area contributed by atoms with Gasteiger partial charge in [0.15, 0.2) is 0 Å². The van der Waals surface area contributed by atoms with Crippen molar-refractivity contribution in [1.82, 2.24) is 4.98 Å². The van der Waals surface area contributed by atoms with Crippen LogP contribution >= 0.6 is 0 Å². The molecule has 1 aromatic rings. The number of ether oxygens (including phenoxy) is 1. The largest absolute Gasteiger partial charge is 0.477 e. The molecule has 104 valence electrons. The Hall–Kier alpha value is -1.62. The van der Waals surface area contributed by atoms with Crippen molar-refractivity contribution in [3.05, 3.63) is 24.0 Å². The van der Waals surface area contributed by atoms with Crippen molar-refractivity contribution in [2.45, 2.75) is 38.2 Å². The molecule has 1 fully saturated rings. The Balaban J connectivity index is 1.70. The lowest BCUT2D eigenvalue weighted by atomic mass is 9.98. The van der Waals surface area contributed by atoms with E-state index in [1.54, 1.807) is 6.07 Å². The van der Waals surface area contributed by atoms with Crippen LogP contribution in [0.1, 0.15) is 42.6 Å². The van der Waals surface area contributed by atoms with Crippen LogP contribution in [0.25, 0.3) is 0 Å². The minimum absolute atomic E-state index is 0.0539. The number of aromatic nitrogens is 1. The Morgan fingerprint density at radius 1 is 1.42 bits per heavy atom. The fourth-order valence-electron chi connectivity index (χ4n) is 2.31. The highest BCUT2D eigenvalue weighted by Crippen LogP contribution is 2.20. The molecule has 5 nitrogen and oxygen atoms in total. The van der Waals surface area contributed by atoms with Gasteiger partial charge in [-0.2, -0.15) is 0 Å². The van der Waals surface area contributed by atoms with Crippen LogP contribution in [0.5, 0.6) is 0 Å². The first kappa shape index (κ1) is 13.8. The van der Waals surface area contributed by atoms with Crippen molar-refractivity contribution in [1.29, 1.82) is 0 Å². The standard InChI is InChI=1S/C14H20N2O3/c17-14(18)13-10-11(6-7-16-13)15-8-9-19-12-4-2-1-3-5-12/h6-7,10,12H,1-5,8-9H2,(H,15,16)(H,17,18). The van der Waals surface area contributed by atoms with E-state index in [0.717, 1.165) is 5.69 Å². The van der Waals surface area contributed by atoms with Gasteiger partial charge in [0.05, 0.1) is 12.7 Å². The summed E-state index contributed by atoms with van der Waals surface area (Å²) in [5.74, 6) is -1.01. The zero-order valence-electron chi connectivity index (χ0n) is 11.0. The molecule has 19 heavy (non-hydrogen) atoms. The molecule has 5 heteroatoms. The number of carboxylic acid groups (broad SMARTS) is 1. The predicted molar refractivity (Wildman–Crippen MR) is 72.5 cm³/mol. The number of aromatic carboxylic acids is 1. The quantitative estimate of drug-likeness (QED) is 0.773. The highest BCUT2D eigenvalue weighted by molar-refractivity contribution is 5.86. The summed E-state index contributed by atoms with van der Waals surface area (Å²) >= 11 is 0. The molecule has 0 aromatic carbocycles. The van der Waals surface area contributed by atoms with Crippen LogP contribution in [0.2, 0.25) is 0 Å². The van der Waals surface area contributed by atoms with Gasteiger partial charge >= 0.3 is 5.97 Å². The smallest absolute Gasteiger partial charge is 0.354 e. The zero-order chi connectivity index (χ0) is 13.5. The van der Waals surface area contributed by atoms with Crippen molar-refractivity contribution in [3.8, 4) is 0 Å². The number of carbonyl (C=O) groups is 1. The van der Waals surface area contributed by atoms with E-state index in [4.69, 9.17) is 9.84 Å². The predicted octanol–water partition coefficient (Wildman–Crippen LogP) is 2.54. The summed E-state index contributed by atoms with van der Waals surface area (Å²) in [6.07, 6.45) is 8.09. The Bertz CT molecular complexity index is 417. The molecular formula is C14H20N2O3. The summed E-state index contributed by atoms with van der Waals surface area (Å²) in [6, 6.07) is 3.29. The van der Waals surface area contributed by atoms with Gasteiger partial charge in [-0.3, -0.25) is 0 Å². The fourth-order valence-corrected chi connectivity index (χ4v) is 2.31. The van der Waals surface area contributed by atoms with Crippen molar-refractivity contribution in [2.24, 2.45) is 0 Å². The van der Waals surface area contributed by atoms with E-state index in [9.17, 15) is 4.79 Å². The Morgan fingerprint density at radius 3 is 2.95 bits per heavy atom. The van der Waals surface area contributed by atoms with Crippen LogP contribution < -0.4 is 5.32 Å². The average molecular weight is 264 g/mol. The van der Waals surface area contributed by atoms with Gasteiger partial charge in [-0.05, 0) is 25.0 Å². The number of pyridine rings is 1. The average Bonchev–Trinajstić information content (AvgIpc) is 2.45. The molecular weight excluding hydrogens is 244 g/mol. The first-order valence-electron chi connectivity index (χ1n) is 6.80. The van der Waals surface area contributed by atoms with Crippen LogP contribution in [0.4, 0.5) is 5.69 Å². The summed E-state index contributed by atoms with van der Waals surface area (Å²) in [5.41, 5.74) is 0.817. The molecule has 1 saturated carbocycles. The zero-order valence-corrected chi connectivity index (χ0v) is 11.0. The van der Waals surface area contributed by atoms with Crippen molar-refractivity contribution in [2.75, 3.05) is 18.5 Å². The van der Waals surface area contributed by atoms with Crippen molar-refractivity contribution < 1.29 is 14.6 Å². The maximum atomic E-state index is 10.8. The number of rotatable bonds is 6. The minimum Gasteiger partial charge on any atom is -0.477 e. The van der Waals surface area contributed by atoms with E-state index in [1.807, 2.05) is 0 Å². The Labute approximate surface area is 113 Å². The molecule has 0 saturated heterocycles. The molecule has 2 rings (SSSR count). The lowest BCUT2D eigenvalue weighted by molar-refractivity contribution is 0.0347. The summed E-state index contributed by atoms with van der Waals surface area (Å²) in [6.45, 7) is 1.33. The molecule has 0 amide bonds.